The zero-order valence-electron chi connectivity index (χ0n) is 11.0. The maximum Gasteiger partial charge on any atom is 0.0697 e. The van der Waals surface area contributed by atoms with Gasteiger partial charge >= 0.3 is 0 Å². The fraction of sp³-hybridized carbons (Fsp3) is 0.500. The Labute approximate surface area is 104 Å². The van der Waals surface area contributed by atoms with Gasteiger partial charge in [-0.2, -0.15) is 0 Å². The van der Waals surface area contributed by atoms with Crippen LogP contribution in [0.4, 0.5) is 0 Å². The zero-order valence-corrected chi connectivity index (χ0v) is 11.0. The van der Waals surface area contributed by atoms with Gasteiger partial charge in [0.05, 0.1) is 5.60 Å². The number of benzene rings is 1. The minimum absolute atomic E-state index is 0.172. The number of rotatable bonds is 4. The molecule has 0 amide bonds. The van der Waals surface area contributed by atoms with E-state index in [-0.39, 0.29) is 5.92 Å². The summed E-state index contributed by atoms with van der Waals surface area (Å²) in [5.74, 6) is 0.172. The van der Waals surface area contributed by atoms with E-state index in [0.29, 0.717) is 0 Å². The lowest BCUT2D eigenvalue weighted by molar-refractivity contribution is 0.0615. The second-order valence-corrected chi connectivity index (χ2v) is 5.54. The van der Waals surface area contributed by atoms with Gasteiger partial charge in [-0.25, -0.2) is 0 Å². The second kappa shape index (κ2) is 4.66. The van der Waals surface area contributed by atoms with Crippen LogP contribution in [0.25, 0.3) is 6.08 Å². The third-order valence-electron chi connectivity index (χ3n) is 3.54. The van der Waals surface area contributed by atoms with Crippen molar-refractivity contribution in [2.45, 2.75) is 51.6 Å². The molecule has 0 spiro atoms. The van der Waals surface area contributed by atoms with Crippen molar-refractivity contribution in [3.8, 4) is 0 Å². The molecule has 1 N–H and O–H groups in total. The quantitative estimate of drug-likeness (QED) is 0.824. The Balaban J connectivity index is 2.35. The largest absolute Gasteiger partial charge is 0.389 e. The van der Waals surface area contributed by atoms with Crippen LogP contribution in [0.15, 0.2) is 29.8 Å². The molecule has 0 fully saturated rings. The molecule has 17 heavy (non-hydrogen) atoms. The second-order valence-electron chi connectivity index (χ2n) is 5.54. The van der Waals surface area contributed by atoms with Crippen molar-refractivity contribution in [2.75, 3.05) is 0 Å². The summed E-state index contributed by atoms with van der Waals surface area (Å²) in [6.45, 7) is 6.04. The van der Waals surface area contributed by atoms with Crippen LogP contribution in [-0.4, -0.2) is 10.7 Å². The summed E-state index contributed by atoms with van der Waals surface area (Å²) in [5, 5.41) is 10.4. The molecule has 0 heterocycles. The molecule has 0 saturated heterocycles. The standard InChI is InChI=1S/C16H22O/c1-4-5-8-13-11-12-9-6-7-10-14(12)15(13)16(2,3)17/h6-7,9-11,15,17H,4-5,8H2,1-3H3/t15-/m1/s1. The summed E-state index contributed by atoms with van der Waals surface area (Å²) in [7, 11) is 0. The van der Waals surface area contributed by atoms with Crippen molar-refractivity contribution in [3.63, 3.8) is 0 Å². The minimum atomic E-state index is -0.674. The highest BCUT2D eigenvalue weighted by molar-refractivity contribution is 5.67. The number of hydrogen-bond acceptors (Lipinski definition) is 1. The maximum absolute atomic E-state index is 10.4. The van der Waals surface area contributed by atoms with Crippen LogP contribution in [0.1, 0.15) is 57.1 Å². The predicted octanol–water partition coefficient (Wildman–Crippen LogP) is 4.13. The Morgan fingerprint density at radius 1 is 1.24 bits per heavy atom. The van der Waals surface area contributed by atoms with Gasteiger partial charge in [-0.3, -0.25) is 0 Å². The molecule has 2 rings (SSSR count). The van der Waals surface area contributed by atoms with Crippen LogP contribution < -0.4 is 0 Å². The molecule has 1 aliphatic rings. The lowest BCUT2D eigenvalue weighted by Crippen LogP contribution is -2.29. The first-order chi connectivity index (χ1) is 8.04. The van der Waals surface area contributed by atoms with E-state index in [1.165, 1.54) is 29.5 Å². The van der Waals surface area contributed by atoms with Gasteiger partial charge in [-0.05, 0) is 37.8 Å². The van der Waals surface area contributed by atoms with Crippen molar-refractivity contribution in [1.82, 2.24) is 0 Å². The molecule has 1 nitrogen and oxygen atoms in total. The number of aliphatic hydroxyl groups is 1. The average molecular weight is 230 g/mol. The summed E-state index contributed by atoms with van der Waals surface area (Å²) < 4.78 is 0. The Morgan fingerprint density at radius 2 is 1.94 bits per heavy atom. The molecular formula is C16H22O. The van der Waals surface area contributed by atoms with Gasteiger partial charge in [0.25, 0.3) is 0 Å². The molecule has 0 unspecified atom stereocenters. The predicted molar refractivity (Wildman–Crippen MR) is 73.0 cm³/mol. The molecule has 0 radical (unpaired) electrons. The highest BCUT2D eigenvalue weighted by atomic mass is 16.3. The SMILES string of the molecule is CCCCC1=Cc2ccccc2[C@@H]1C(C)(C)O. The van der Waals surface area contributed by atoms with Crippen molar-refractivity contribution in [3.05, 3.63) is 41.0 Å². The fourth-order valence-electron chi connectivity index (χ4n) is 2.82. The van der Waals surface area contributed by atoms with Gasteiger partial charge in [0.2, 0.25) is 0 Å². The third kappa shape index (κ3) is 2.44. The van der Waals surface area contributed by atoms with Gasteiger partial charge < -0.3 is 5.11 Å². The molecule has 0 aromatic heterocycles. The summed E-state index contributed by atoms with van der Waals surface area (Å²) in [4.78, 5) is 0. The highest BCUT2D eigenvalue weighted by Gasteiger charge is 2.35. The fourth-order valence-corrected chi connectivity index (χ4v) is 2.82. The van der Waals surface area contributed by atoms with Crippen molar-refractivity contribution >= 4 is 6.08 Å². The van der Waals surface area contributed by atoms with Crippen molar-refractivity contribution in [2.24, 2.45) is 0 Å². The van der Waals surface area contributed by atoms with Gasteiger partial charge in [0, 0.05) is 5.92 Å². The van der Waals surface area contributed by atoms with E-state index >= 15 is 0 Å². The van der Waals surface area contributed by atoms with Crippen LogP contribution in [0.5, 0.6) is 0 Å². The zero-order chi connectivity index (χ0) is 12.5. The molecule has 1 heteroatoms. The van der Waals surface area contributed by atoms with Gasteiger partial charge in [0.1, 0.15) is 0 Å². The molecule has 1 aliphatic carbocycles. The van der Waals surface area contributed by atoms with Gasteiger partial charge in [-0.1, -0.05) is 49.3 Å². The van der Waals surface area contributed by atoms with E-state index in [2.05, 4.69) is 37.3 Å². The van der Waals surface area contributed by atoms with Crippen LogP contribution in [0.3, 0.4) is 0 Å². The summed E-state index contributed by atoms with van der Waals surface area (Å²) in [5.41, 5.74) is 3.28. The summed E-state index contributed by atoms with van der Waals surface area (Å²) >= 11 is 0. The lowest BCUT2D eigenvalue weighted by Gasteiger charge is -2.29. The molecule has 0 saturated carbocycles. The molecule has 1 atom stereocenters. The van der Waals surface area contributed by atoms with Crippen molar-refractivity contribution < 1.29 is 5.11 Å². The molecule has 0 bridgehead atoms. The van der Waals surface area contributed by atoms with Crippen LogP contribution in [0.2, 0.25) is 0 Å². The smallest absolute Gasteiger partial charge is 0.0697 e. The maximum atomic E-state index is 10.4. The minimum Gasteiger partial charge on any atom is -0.389 e. The molecule has 1 aromatic rings. The van der Waals surface area contributed by atoms with Gasteiger partial charge in [0.15, 0.2) is 0 Å². The highest BCUT2D eigenvalue weighted by Crippen LogP contribution is 2.44. The van der Waals surface area contributed by atoms with E-state index in [1.807, 2.05) is 13.8 Å². The average Bonchev–Trinajstić information content (AvgIpc) is 2.63. The normalized spacial score (nSPS) is 19.1. The van der Waals surface area contributed by atoms with Gasteiger partial charge in [-0.15, -0.1) is 0 Å². The molecule has 92 valence electrons. The Bertz CT molecular complexity index is 423. The Morgan fingerprint density at radius 3 is 2.59 bits per heavy atom. The number of unbranched alkanes of at least 4 members (excludes halogenated alkanes) is 1. The van der Waals surface area contributed by atoms with E-state index in [0.717, 1.165) is 6.42 Å². The summed E-state index contributed by atoms with van der Waals surface area (Å²) in [6, 6.07) is 8.42. The van der Waals surface area contributed by atoms with E-state index in [1.54, 1.807) is 0 Å². The lowest BCUT2D eigenvalue weighted by atomic mass is 9.80. The first-order valence-corrected chi connectivity index (χ1v) is 6.55. The molecule has 0 aliphatic heterocycles. The van der Waals surface area contributed by atoms with Crippen LogP contribution >= 0.6 is 0 Å². The Kier molecular flexibility index (Phi) is 3.39. The first-order valence-electron chi connectivity index (χ1n) is 6.55. The van der Waals surface area contributed by atoms with Crippen LogP contribution in [0, 0.1) is 0 Å². The first kappa shape index (κ1) is 12.4. The summed E-state index contributed by atoms with van der Waals surface area (Å²) in [6.07, 6.45) is 5.77. The van der Waals surface area contributed by atoms with E-state index in [4.69, 9.17) is 0 Å². The molecule has 1 aromatic carbocycles. The van der Waals surface area contributed by atoms with Crippen molar-refractivity contribution in [1.29, 1.82) is 0 Å². The number of hydrogen-bond donors (Lipinski definition) is 1. The van der Waals surface area contributed by atoms with Crippen LogP contribution in [-0.2, 0) is 0 Å². The monoisotopic (exact) mass is 230 g/mol. The number of fused-ring (bicyclic) bond motifs is 1. The third-order valence-corrected chi connectivity index (χ3v) is 3.54. The molecular weight excluding hydrogens is 208 g/mol. The van der Waals surface area contributed by atoms with E-state index < -0.39 is 5.60 Å². The van der Waals surface area contributed by atoms with E-state index in [9.17, 15) is 5.11 Å². The topological polar surface area (TPSA) is 20.2 Å². The Hall–Kier alpha value is -1.08.